The van der Waals surface area contributed by atoms with Gasteiger partial charge in [0.15, 0.2) is 0 Å². The number of nitrogens with zero attached hydrogens (tertiary/aromatic N) is 1. The molecule has 2 aliphatic rings. The van der Waals surface area contributed by atoms with Crippen molar-refractivity contribution in [3.05, 3.63) is 47.9 Å². The second kappa shape index (κ2) is 6.54. The van der Waals surface area contributed by atoms with Gasteiger partial charge in [0.25, 0.3) is 5.91 Å². The molecule has 0 spiro atoms. The summed E-state index contributed by atoms with van der Waals surface area (Å²) in [7, 11) is 0. The fraction of sp³-hybridized carbons (Fsp3) is 0.267. The molecule has 9 heteroatoms. The van der Waals surface area contributed by atoms with Crippen LogP contribution in [-0.4, -0.2) is 45.1 Å². The molecule has 0 saturated carbocycles. The summed E-state index contributed by atoms with van der Waals surface area (Å²) in [6.45, 7) is 0. The van der Waals surface area contributed by atoms with E-state index in [0.717, 1.165) is 0 Å². The van der Waals surface area contributed by atoms with Crippen molar-refractivity contribution in [1.29, 1.82) is 0 Å². The Morgan fingerprint density at radius 1 is 1.38 bits per heavy atom. The van der Waals surface area contributed by atoms with Crippen LogP contribution < -0.4 is 11.1 Å². The maximum absolute atomic E-state index is 12.3. The van der Waals surface area contributed by atoms with Crippen molar-refractivity contribution in [1.82, 2.24) is 10.2 Å². The van der Waals surface area contributed by atoms with Gasteiger partial charge in [-0.15, -0.1) is 11.8 Å². The van der Waals surface area contributed by atoms with Gasteiger partial charge in [-0.05, 0) is 11.6 Å². The van der Waals surface area contributed by atoms with Crippen molar-refractivity contribution in [3.8, 4) is 0 Å². The average molecular weight is 349 g/mol. The molecule has 8 nitrogen and oxygen atoms in total. The normalized spacial score (nSPS) is 23.5. The van der Waals surface area contributed by atoms with Gasteiger partial charge >= 0.3 is 6.16 Å². The van der Waals surface area contributed by atoms with Crippen LogP contribution in [0.4, 0.5) is 4.79 Å². The van der Waals surface area contributed by atoms with E-state index in [1.807, 2.05) is 6.07 Å². The van der Waals surface area contributed by atoms with Crippen LogP contribution >= 0.6 is 11.8 Å². The predicted molar refractivity (Wildman–Crippen MR) is 85.6 cm³/mol. The molecule has 2 amide bonds. The minimum absolute atomic E-state index is 0.0193. The quantitative estimate of drug-likeness (QED) is 0.538. The molecule has 2 heterocycles. The van der Waals surface area contributed by atoms with Crippen molar-refractivity contribution in [2.24, 2.45) is 5.73 Å². The second-order valence-electron chi connectivity index (χ2n) is 5.22. The molecule has 0 aromatic heterocycles. The Morgan fingerprint density at radius 3 is 2.75 bits per heavy atom. The maximum atomic E-state index is 12.3. The lowest BCUT2D eigenvalue weighted by Crippen LogP contribution is -2.70. The third-order valence-corrected chi connectivity index (χ3v) is 4.92. The minimum atomic E-state index is -1.49. The van der Waals surface area contributed by atoms with Gasteiger partial charge < -0.3 is 20.9 Å². The summed E-state index contributed by atoms with van der Waals surface area (Å²) in [6.07, 6.45) is 0.0271. The first-order chi connectivity index (χ1) is 11.5. The molecule has 3 atom stereocenters. The van der Waals surface area contributed by atoms with Crippen molar-refractivity contribution >= 4 is 29.7 Å². The lowest BCUT2D eigenvalue weighted by atomic mass is 10.0. The lowest BCUT2D eigenvalue weighted by molar-refractivity contribution is -0.149. The predicted octanol–water partition coefficient (Wildman–Crippen LogP) is 0.622. The zero-order valence-electron chi connectivity index (χ0n) is 12.4. The van der Waals surface area contributed by atoms with Gasteiger partial charge in [0, 0.05) is 5.75 Å². The Labute approximate surface area is 141 Å². The summed E-state index contributed by atoms with van der Waals surface area (Å²) in [5.74, 6) is -0.425. The maximum Gasteiger partial charge on any atom is 0.512 e. The summed E-state index contributed by atoms with van der Waals surface area (Å²) in [5.41, 5.74) is 6.56. The molecule has 2 unspecified atom stereocenters. The van der Waals surface area contributed by atoms with Crippen LogP contribution in [0.25, 0.3) is 0 Å². The van der Waals surface area contributed by atoms with E-state index in [1.165, 1.54) is 22.7 Å². The molecular formula is C15H15N3O5S. The third-order valence-electron chi connectivity index (χ3n) is 3.74. The number of hydrogen-bond donors (Lipinski definition) is 3. The van der Waals surface area contributed by atoms with Gasteiger partial charge in [0.2, 0.25) is 11.8 Å². The van der Waals surface area contributed by atoms with Gasteiger partial charge in [0.1, 0.15) is 17.5 Å². The largest absolute Gasteiger partial charge is 0.512 e. The highest BCUT2D eigenvalue weighted by molar-refractivity contribution is 8.00. The SMILES string of the molecule is NC(C(=O)NC1C(=O)N2C(OC(=O)O)=CCS[C@@H]12)c1ccccc1. The molecule has 1 fully saturated rings. The van der Waals surface area contributed by atoms with Crippen LogP contribution in [-0.2, 0) is 14.3 Å². The molecule has 1 aromatic carbocycles. The summed E-state index contributed by atoms with van der Waals surface area (Å²) in [6, 6.07) is 7.19. The van der Waals surface area contributed by atoms with Crippen molar-refractivity contribution < 1.29 is 24.2 Å². The van der Waals surface area contributed by atoms with E-state index in [1.54, 1.807) is 24.3 Å². The average Bonchev–Trinajstić information content (AvgIpc) is 2.58. The van der Waals surface area contributed by atoms with E-state index in [9.17, 15) is 14.4 Å². The molecule has 4 N–H and O–H groups in total. The Bertz CT molecular complexity index is 708. The fourth-order valence-corrected chi connectivity index (χ4v) is 3.72. The Hall–Kier alpha value is -2.52. The highest BCUT2D eigenvalue weighted by Crippen LogP contribution is 2.37. The molecule has 126 valence electrons. The van der Waals surface area contributed by atoms with Gasteiger partial charge in [-0.25, -0.2) is 4.79 Å². The number of β-lactam (4-membered cyclic amide) rings is 1. The first-order valence-electron chi connectivity index (χ1n) is 7.15. The molecule has 0 bridgehead atoms. The smallest absolute Gasteiger partial charge is 0.449 e. The second-order valence-corrected chi connectivity index (χ2v) is 6.37. The first-order valence-corrected chi connectivity index (χ1v) is 8.20. The van der Waals surface area contributed by atoms with E-state index in [0.29, 0.717) is 11.3 Å². The monoisotopic (exact) mass is 349 g/mol. The summed E-state index contributed by atoms with van der Waals surface area (Å²) < 4.78 is 4.60. The molecule has 3 rings (SSSR count). The number of nitrogens with two attached hydrogens (primary N) is 1. The number of nitrogens with one attached hydrogen (secondary N) is 1. The number of amides is 2. The van der Waals surface area contributed by atoms with Crippen molar-refractivity contribution in [2.75, 3.05) is 5.75 Å². The van der Waals surface area contributed by atoms with Crippen LogP contribution in [0.2, 0.25) is 0 Å². The summed E-state index contributed by atoms with van der Waals surface area (Å²) in [4.78, 5) is 36.4. The third kappa shape index (κ3) is 2.95. The topological polar surface area (TPSA) is 122 Å². The number of carboxylic acid groups (broad SMARTS) is 1. The van der Waals surface area contributed by atoms with Crippen molar-refractivity contribution in [2.45, 2.75) is 17.5 Å². The van der Waals surface area contributed by atoms with E-state index in [2.05, 4.69) is 10.1 Å². The Morgan fingerprint density at radius 2 is 2.08 bits per heavy atom. The highest BCUT2D eigenvalue weighted by Gasteiger charge is 2.52. The number of benzene rings is 1. The molecule has 0 aliphatic carbocycles. The number of carbonyl (C=O) groups excluding carboxylic acids is 2. The standard InChI is InChI=1S/C15H15N3O5S/c16-10(8-4-2-1-3-5-8)12(19)17-11-13(20)18-9(23-15(21)22)6-7-24-14(11)18/h1-6,10-11,14H,7,16H2,(H,17,19)(H,21,22)/t10?,11?,14-/m0/s1. The van der Waals surface area contributed by atoms with Crippen molar-refractivity contribution in [3.63, 3.8) is 0 Å². The lowest BCUT2D eigenvalue weighted by Gasteiger charge is -2.48. The Balaban J connectivity index is 1.66. The summed E-state index contributed by atoms with van der Waals surface area (Å²) >= 11 is 1.41. The molecule has 24 heavy (non-hydrogen) atoms. The number of thioether (sulfide) groups is 1. The molecule has 2 aliphatic heterocycles. The van der Waals surface area contributed by atoms with Gasteiger partial charge in [0.05, 0.1) is 0 Å². The number of rotatable bonds is 4. The number of carbonyl (C=O) groups is 3. The number of fused-ring (bicyclic) bond motifs is 1. The zero-order valence-corrected chi connectivity index (χ0v) is 13.2. The van der Waals surface area contributed by atoms with Crippen LogP contribution in [0, 0.1) is 0 Å². The first kappa shape index (κ1) is 16.3. The van der Waals surface area contributed by atoms with Gasteiger partial charge in [-0.3, -0.25) is 14.5 Å². The molecule has 1 saturated heterocycles. The number of hydrogen-bond acceptors (Lipinski definition) is 6. The molecule has 0 radical (unpaired) electrons. The molecular weight excluding hydrogens is 334 g/mol. The van der Waals surface area contributed by atoms with E-state index >= 15 is 0 Å². The van der Waals surface area contributed by atoms with E-state index in [-0.39, 0.29) is 5.88 Å². The minimum Gasteiger partial charge on any atom is -0.449 e. The molecule has 1 aromatic rings. The number of ether oxygens (including phenoxy) is 1. The van der Waals surface area contributed by atoms with Crippen LogP contribution in [0.3, 0.4) is 0 Å². The summed E-state index contributed by atoms with van der Waals surface area (Å²) in [5, 5.41) is 10.9. The Kier molecular flexibility index (Phi) is 4.45. The highest BCUT2D eigenvalue weighted by atomic mass is 32.2. The van der Waals surface area contributed by atoms with E-state index < -0.39 is 35.4 Å². The zero-order chi connectivity index (χ0) is 17.3. The van der Waals surface area contributed by atoms with Gasteiger partial charge in [-0.2, -0.15) is 0 Å². The fourth-order valence-electron chi connectivity index (χ4n) is 2.55. The van der Waals surface area contributed by atoms with Crippen LogP contribution in [0.1, 0.15) is 11.6 Å². The van der Waals surface area contributed by atoms with Gasteiger partial charge in [-0.1, -0.05) is 30.3 Å². The van der Waals surface area contributed by atoms with Crippen LogP contribution in [0.15, 0.2) is 42.3 Å². The van der Waals surface area contributed by atoms with E-state index in [4.69, 9.17) is 10.8 Å². The van der Waals surface area contributed by atoms with Crippen LogP contribution in [0.5, 0.6) is 0 Å².